The minimum absolute atomic E-state index is 0.104. The van der Waals surface area contributed by atoms with Crippen LogP contribution in [0.1, 0.15) is 33.6 Å². The monoisotopic (exact) mass is 268 g/mol. The van der Waals surface area contributed by atoms with E-state index in [-0.39, 0.29) is 36.0 Å². The molecule has 19 heavy (non-hydrogen) atoms. The lowest BCUT2D eigenvalue weighted by Crippen LogP contribution is -2.47. The van der Waals surface area contributed by atoms with Crippen LogP contribution in [0.5, 0.6) is 0 Å². The van der Waals surface area contributed by atoms with Crippen LogP contribution in [0.3, 0.4) is 0 Å². The normalized spacial score (nSPS) is 15.9. The molecule has 0 aliphatic carbocycles. The lowest BCUT2D eigenvalue weighted by atomic mass is 10.1. The molecule has 0 atom stereocenters. The Kier molecular flexibility index (Phi) is 4.63. The molecular formula is C12H20N4O3. The van der Waals surface area contributed by atoms with Crippen LogP contribution in [-0.4, -0.2) is 47.6 Å². The van der Waals surface area contributed by atoms with Crippen LogP contribution in [0.2, 0.25) is 0 Å². The Labute approximate surface area is 112 Å². The second kappa shape index (κ2) is 5.81. The molecule has 1 heterocycles. The van der Waals surface area contributed by atoms with Gasteiger partial charge in [0.1, 0.15) is 5.71 Å². The van der Waals surface area contributed by atoms with Crippen LogP contribution in [-0.2, 0) is 14.4 Å². The molecule has 106 valence electrons. The first-order valence-electron chi connectivity index (χ1n) is 6.12. The summed E-state index contributed by atoms with van der Waals surface area (Å²) in [6.45, 7) is 5.47. The highest BCUT2D eigenvalue weighted by Gasteiger charge is 2.22. The molecule has 1 rings (SSSR count). The second-order valence-corrected chi connectivity index (χ2v) is 5.44. The first-order valence-corrected chi connectivity index (χ1v) is 6.12. The van der Waals surface area contributed by atoms with Crippen molar-refractivity contribution >= 4 is 23.4 Å². The lowest BCUT2D eigenvalue weighted by Gasteiger charge is -2.21. The molecule has 0 bridgehead atoms. The Hall–Kier alpha value is -1.92. The van der Waals surface area contributed by atoms with Gasteiger partial charge in [0.15, 0.2) is 0 Å². The first-order chi connectivity index (χ1) is 8.69. The van der Waals surface area contributed by atoms with Crippen LogP contribution in [0.4, 0.5) is 0 Å². The van der Waals surface area contributed by atoms with Crippen molar-refractivity contribution < 1.29 is 14.4 Å². The van der Waals surface area contributed by atoms with Crippen molar-refractivity contribution in [2.45, 2.75) is 39.2 Å². The van der Waals surface area contributed by atoms with Gasteiger partial charge in [-0.15, -0.1) is 0 Å². The number of hydrazone groups is 1. The summed E-state index contributed by atoms with van der Waals surface area (Å²) >= 11 is 0. The van der Waals surface area contributed by atoms with E-state index in [9.17, 15) is 14.4 Å². The third kappa shape index (κ3) is 5.07. The molecule has 0 radical (unpaired) electrons. The maximum Gasteiger partial charge on any atom is 0.267 e. The fourth-order valence-corrected chi connectivity index (χ4v) is 1.56. The van der Waals surface area contributed by atoms with E-state index in [0.29, 0.717) is 6.42 Å². The molecular weight excluding hydrogens is 248 g/mol. The molecule has 0 aromatic carbocycles. The Morgan fingerprint density at radius 1 is 1.32 bits per heavy atom. The smallest absolute Gasteiger partial charge is 0.267 e. The van der Waals surface area contributed by atoms with Gasteiger partial charge in [-0.1, -0.05) is 0 Å². The van der Waals surface area contributed by atoms with Gasteiger partial charge in [0.05, 0.1) is 6.54 Å². The summed E-state index contributed by atoms with van der Waals surface area (Å²) in [6, 6.07) is 0. The van der Waals surface area contributed by atoms with Gasteiger partial charge in [-0.25, -0.2) is 5.01 Å². The average Bonchev–Trinajstić information content (AvgIpc) is 2.27. The van der Waals surface area contributed by atoms with Gasteiger partial charge in [-0.2, -0.15) is 5.10 Å². The number of nitrogens with one attached hydrogen (secondary N) is 2. The van der Waals surface area contributed by atoms with Gasteiger partial charge < -0.3 is 10.6 Å². The summed E-state index contributed by atoms with van der Waals surface area (Å²) in [5.74, 6) is -0.799. The van der Waals surface area contributed by atoms with Crippen LogP contribution >= 0.6 is 0 Å². The molecule has 0 saturated carbocycles. The van der Waals surface area contributed by atoms with Crippen LogP contribution in [0.25, 0.3) is 0 Å². The topological polar surface area (TPSA) is 90.9 Å². The molecule has 1 aliphatic rings. The van der Waals surface area contributed by atoms with E-state index >= 15 is 0 Å². The Morgan fingerprint density at radius 3 is 2.47 bits per heavy atom. The maximum atomic E-state index is 11.8. The fraction of sp³-hybridized carbons (Fsp3) is 0.667. The van der Waals surface area contributed by atoms with Crippen molar-refractivity contribution in [1.29, 1.82) is 0 Å². The van der Waals surface area contributed by atoms with Crippen molar-refractivity contribution in [3.63, 3.8) is 0 Å². The zero-order chi connectivity index (χ0) is 14.6. The van der Waals surface area contributed by atoms with Gasteiger partial charge in [0, 0.05) is 25.4 Å². The van der Waals surface area contributed by atoms with Gasteiger partial charge in [-0.05, 0) is 20.8 Å². The SMILES string of the molecule is CN1N=C(C(=O)NCC(=O)NC(C)(C)C)CCC1=O. The summed E-state index contributed by atoms with van der Waals surface area (Å²) < 4.78 is 0. The highest BCUT2D eigenvalue weighted by molar-refractivity contribution is 6.39. The van der Waals surface area contributed by atoms with Gasteiger partial charge in [-0.3, -0.25) is 14.4 Å². The predicted molar refractivity (Wildman–Crippen MR) is 70.3 cm³/mol. The quantitative estimate of drug-likeness (QED) is 0.731. The van der Waals surface area contributed by atoms with E-state index in [1.807, 2.05) is 20.8 Å². The molecule has 0 unspecified atom stereocenters. The third-order valence-corrected chi connectivity index (χ3v) is 2.39. The summed E-state index contributed by atoms with van der Waals surface area (Å²) in [6.07, 6.45) is 0.562. The standard InChI is InChI=1S/C12H20N4O3/c1-12(2,3)14-9(17)7-13-11(19)8-5-6-10(18)16(4)15-8/h5-7H2,1-4H3,(H,13,19)(H,14,17). The largest absolute Gasteiger partial charge is 0.350 e. The van der Waals surface area contributed by atoms with Crippen molar-refractivity contribution in [3.05, 3.63) is 0 Å². The van der Waals surface area contributed by atoms with Gasteiger partial charge >= 0.3 is 0 Å². The van der Waals surface area contributed by atoms with Crippen molar-refractivity contribution in [2.24, 2.45) is 5.10 Å². The number of hydrogen-bond acceptors (Lipinski definition) is 4. The zero-order valence-corrected chi connectivity index (χ0v) is 11.7. The molecule has 7 nitrogen and oxygen atoms in total. The summed E-state index contributed by atoms with van der Waals surface area (Å²) in [5.41, 5.74) is -0.0674. The van der Waals surface area contributed by atoms with E-state index < -0.39 is 5.91 Å². The Bertz CT molecular complexity index is 423. The lowest BCUT2D eigenvalue weighted by molar-refractivity contribution is -0.130. The van der Waals surface area contributed by atoms with E-state index in [0.717, 1.165) is 5.01 Å². The van der Waals surface area contributed by atoms with E-state index in [1.54, 1.807) is 0 Å². The third-order valence-electron chi connectivity index (χ3n) is 2.39. The molecule has 3 amide bonds. The van der Waals surface area contributed by atoms with Crippen molar-refractivity contribution in [1.82, 2.24) is 15.6 Å². The summed E-state index contributed by atoms with van der Waals surface area (Å²) in [7, 11) is 1.50. The van der Waals surface area contributed by atoms with E-state index in [4.69, 9.17) is 0 Å². The highest BCUT2D eigenvalue weighted by atomic mass is 16.2. The van der Waals surface area contributed by atoms with Crippen molar-refractivity contribution in [2.75, 3.05) is 13.6 Å². The molecule has 7 heteroatoms. The highest BCUT2D eigenvalue weighted by Crippen LogP contribution is 2.06. The molecule has 0 spiro atoms. The summed E-state index contributed by atoms with van der Waals surface area (Å²) in [4.78, 5) is 34.5. The Morgan fingerprint density at radius 2 is 1.95 bits per heavy atom. The molecule has 0 saturated heterocycles. The fourth-order valence-electron chi connectivity index (χ4n) is 1.56. The molecule has 0 aromatic rings. The molecule has 2 N–H and O–H groups in total. The van der Waals surface area contributed by atoms with Crippen LogP contribution < -0.4 is 10.6 Å². The average molecular weight is 268 g/mol. The van der Waals surface area contributed by atoms with Crippen LogP contribution in [0.15, 0.2) is 5.10 Å². The van der Waals surface area contributed by atoms with E-state index in [1.165, 1.54) is 7.05 Å². The second-order valence-electron chi connectivity index (χ2n) is 5.44. The van der Waals surface area contributed by atoms with Gasteiger partial charge in [0.2, 0.25) is 11.8 Å². The van der Waals surface area contributed by atoms with Gasteiger partial charge in [0.25, 0.3) is 5.91 Å². The minimum Gasteiger partial charge on any atom is -0.350 e. The number of rotatable bonds is 3. The molecule has 0 fully saturated rings. The molecule has 1 aliphatic heterocycles. The number of hydrogen-bond donors (Lipinski definition) is 2. The van der Waals surface area contributed by atoms with Crippen molar-refractivity contribution in [3.8, 4) is 0 Å². The summed E-state index contributed by atoms with van der Waals surface area (Å²) in [5, 5.41) is 10.2. The number of carbonyl (C=O) groups is 3. The number of amides is 3. The maximum absolute atomic E-state index is 11.8. The number of nitrogens with zero attached hydrogens (tertiary/aromatic N) is 2. The number of carbonyl (C=O) groups excluding carboxylic acids is 3. The minimum atomic E-state index is -0.414. The predicted octanol–water partition coefficient (Wildman–Crippen LogP) is -0.375. The molecule has 0 aromatic heterocycles. The van der Waals surface area contributed by atoms with E-state index in [2.05, 4.69) is 15.7 Å². The first kappa shape index (κ1) is 15.1. The Balaban J connectivity index is 2.46. The zero-order valence-electron chi connectivity index (χ0n) is 11.7. The van der Waals surface area contributed by atoms with Crippen LogP contribution in [0, 0.1) is 0 Å².